The Bertz CT molecular complexity index is 1010. The molecule has 5 nitrogen and oxygen atoms in total. The minimum atomic E-state index is -0.553. The zero-order valence-corrected chi connectivity index (χ0v) is 19.0. The summed E-state index contributed by atoms with van der Waals surface area (Å²) < 4.78 is 0. The van der Waals surface area contributed by atoms with E-state index in [2.05, 4.69) is 34.3 Å². The van der Waals surface area contributed by atoms with E-state index >= 15 is 0 Å². The average molecular weight is 447 g/mol. The van der Waals surface area contributed by atoms with Crippen LogP contribution < -0.4 is 4.90 Å². The molecule has 3 aromatic carbocycles. The number of thioether (sulfide) groups is 1. The molecule has 0 bridgehead atoms. The minimum Gasteiger partial charge on any atom is -0.341 e. The molecule has 0 saturated heterocycles. The lowest BCUT2D eigenvalue weighted by molar-refractivity contribution is -0.140. The fourth-order valence-corrected chi connectivity index (χ4v) is 3.67. The molecule has 0 aliphatic heterocycles. The molecule has 0 saturated carbocycles. The molecule has 164 valence electrons. The summed E-state index contributed by atoms with van der Waals surface area (Å²) in [6.45, 7) is 1.94. The average Bonchev–Trinajstić information content (AvgIpc) is 2.84. The van der Waals surface area contributed by atoms with Crippen LogP contribution in [0.3, 0.4) is 0 Å². The first-order valence-electron chi connectivity index (χ1n) is 10.4. The molecule has 0 spiro atoms. The van der Waals surface area contributed by atoms with E-state index in [1.54, 1.807) is 23.9 Å². The number of carbonyl (C=O) groups excluding carboxylic acids is 2. The van der Waals surface area contributed by atoms with Gasteiger partial charge in [-0.05, 0) is 67.6 Å². The molecule has 0 fully saturated rings. The monoisotopic (exact) mass is 446 g/mol. The maximum atomic E-state index is 13.0. The van der Waals surface area contributed by atoms with Gasteiger partial charge < -0.3 is 9.74 Å². The highest BCUT2D eigenvalue weighted by Crippen LogP contribution is 2.25. The number of ketones is 1. The van der Waals surface area contributed by atoms with Gasteiger partial charge in [-0.3, -0.25) is 4.79 Å². The Balaban J connectivity index is 1.76. The summed E-state index contributed by atoms with van der Waals surface area (Å²) in [4.78, 5) is 32.4. The first-order valence-corrected chi connectivity index (χ1v) is 11.6. The number of hydrogen-bond acceptors (Lipinski definition) is 6. The summed E-state index contributed by atoms with van der Waals surface area (Å²) in [6, 6.07) is 27.5. The van der Waals surface area contributed by atoms with Gasteiger partial charge in [0.25, 0.3) is 0 Å². The number of para-hydroxylation sites is 2. The molecule has 0 aliphatic carbocycles. The Labute approximate surface area is 193 Å². The Hall–Kier alpha value is -3.38. The molecule has 0 N–H and O–H groups in total. The van der Waals surface area contributed by atoms with Crippen molar-refractivity contribution in [2.75, 3.05) is 17.7 Å². The summed E-state index contributed by atoms with van der Waals surface area (Å²) in [5.74, 6) is -0.784. The molecule has 0 aliphatic rings. The number of rotatable bonds is 10. The summed E-state index contributed by atoms with van der Waals surface area (Å²) >= 11 is 1.61. The van der Waals surface area contributed by atoms with Crippen molar-refractivity contribution in [1.82, 2.24) is 0 Å². The van der Waals surface area contributed by atoms with E-state index in [1.807, 2.05) is 54.8 Å². The van der Waals surface area contributed by atoms with Gasteiger partial charge in [0.2, 0.25) is 5.78 Å². The van der Waals surface area contributed by atoms with Crippen LogP contribution in [0.5, 0.6) is 0 Å². The second-order valence-electron chi connectivity index (χ2n) is 7.10. The number of Topliss-reactive ketones (excluding diaryl/α,β-unsaturated/α-hetero) is 1. The van der Waals surface area contributed by atoms with E-state index in [9.17, 15) is 9.59 Å². The van der Waals surface area contributed by atoms with Gasteiger partial charge in [0.05, 0.1) is 0 Å². The van der Waals surface area contributed by atoms with Crippen molar-refractivity contribution >= 4 is 40.6 Å². The highest BCUT2D eigenvalue weighted by Gasteiger charge is 2.17. The fraction of sp³-hybridized carbons (Fsp3) is 0.192. The van der Waals surface area contributed by atoms with E-state index < -0.39 is 5.97 Å². The van der Waals surface area contributed by atoms with Crippen molar-refractivity contribution < 1.29 is 14.4 Å². The molecule has 6 heteroatoms. The van der Waals surface area contributed by atoms with Crippen LogP contribution in [-0.2, 0) is 9.63 Å². The normalized spacial score (nSPS) is 11.1. The fourth-order valence-electron chi connectivity index (χ4n) is 3.26. The largest absolute Gasteiger partial charge is 0.341 e. The molecular formula is C26H26N2O3S. The van der Waals surface area contributed by atoms with E-state index in [0.29, 0.717) is 24.9 Å². The van der Waals surface area contributed by atoms with Crippen molar-refractivity contribution in [1.29, 1.82) is 0 Å². The van der Waals surface area contributed by atoms with Gasteiger partial charge in [0.1, 0.15) is 5.71 Å². The lowest BCUT2D eigenvalue weighted by Gasteiger charge is -2.25. The first kappa shape index (κ1) is 23.3. The quantitative estimate of drug-likeness (QED) is 0.123. The summed E-state index contributed by atoms with van der Waals surface area (Å²) in [5.41, 5.74) is 2.89. The van der Waals surface area contributed by atoms with Crippen LogP contribution in [0, 0.1) is 0 Å². The molecule has 0 heterocycles. The second kappa shape index (κ2) is 11.9. The van der Waals surface area contributed by atoms with Crippen LogP contribution in [0.2, 0.25) is 0 Å². The molecule has 3 rings (SSSR count). The standard InChI is InChI=1S/C26H26N2O3S/c1-20(29)31-27-25(26(30)21-15-17-24(32-2)18-16-21)14-9-19-28(22-10-5-3-6-11-22)23-12-7-4-8-13-23/h3-8,10-13,15-18H,9,14,19H2,1-2H3. The van der Waals surface area contributed by atoms with Crippen molar-refractivity contribution in [2.24, 2.45) is 5.16 Å². The number of benzene rings is 3. The third-order valence-electron chi connectivity index (χ3n) is 4.83. The maximum Gasteiger partial charge on any atom is 0.331 e. The SMILES string of the molecule is CSc1ccc(C(=O)C(CCCN(c2ccccc2)c2ccccc2)=NOC(C)=O)cc1. The van der Waals surface area contributed by atoms with Gasteiger partial charge in [0.15, 0.2) is 0 Å². The lowest BCUT2D eigenvalue weighted by Crippen LogP contribution is -2.21. The highest BCUT2D eigenvalue weighted by atomic mass is 32.2. The van der Waals surface area contributed by atoms with Crippen molar-refractivity contribution in [3.8, 4) is 0 Å². The van der Waals surface area contributed by atoms with Crippen molar-refractivity contribution in [3.63, 3.8) is 0 Å². The zero-order valence-electron chi connectivity index (χ0n) is 18.2. The Morgan fingerprint density at radius 3 is 1.94 bits per heavy atom. The molecule has 0 radical (unpaired) electrons. The van der Waals surface area contributed by atoms with Gasteiger partial charge in [-0.25, -0.2) is 4.79 Å². The maximum absolute atomic E-state index is 13.0. The molecule has 3 aromatic rings. The minimum absolute atomic E-state index is 0.232. The van der Waals surface area contributed by atoms with Crippen LogP contribution in [0.4, 0.5) is 11.4 Å². The second-order valence-corrected chi connectivity index (χ2v) is 7.98. The van der Waals surface area contributed by atoms with E-state index in [0.717, 1.165) is 16.3 Å². The Morgan fingerprint density at radius 1 is 0.875 bits per heavy atom. The number of anilines is 2. The van der Waals surface area contributed by atoms with E-state index in [-0.39, 0.29) is 11.5 Å². The van der Waals surface area contributed by atoms with Gasteiger partial charge in [-0.2, -0.15) is 0 Å². The van der Waals surface area contributed by atoms with Crippen LogP contribution in [0.15, 0.2) is 95.0 Å². The number of oxime groups is 1. The topological polar surface area (TPSA) is 59.0 Å². The summed E-state index contributed by atoms with van der Waals surface area (Å²) in [7, 11) is 0. The van der Waals surface area contributed by atoms with Gasteiger partial charge >= 0.3 is 5.97 Å². The van der Waals surface area contributed by atoms with E-state index in [4.69, 9.17) is 4.84 Å². The lowest BCUT2D eigenvalue weighted by atomic mass is 10.0. The van der Waals surface area contributed by atoms with Crippen LogP contribution in [0.25, 0.3) is 0 Å². The van der Waals surface area contributed by atoms with Crippen LogP contribution in [0.1, 0.15) is 30.1 Å². The highest BCUT2D eigenvalue weighted by molar-refractivity contribution is 7.98. The molecule has 32 heavy (non-hydrogen) atoms. The molecule has 0 aromatic heterocycles. The van der Waals surface area contributed by atoms with Gasteiger partial charge in [-0.1, -0.05) is 41.6 Å². The molecule has 0 atom stereocenters. The third-order valence-corrected chi connectivity index (χ3v) is 5.57. The molecular weight excluding hydrogens is 420 g/mol. The zero-order chi connectivity index (χ0) is 22.8. The molecule has 0 amide bonds. The van der Waals surface area contributed by atoms with Gasteiger partial charge in [0, 0.05) is 35.3 Å². The summed E-state index contributed by atoms with van der Waals surface area (Å²) in [5, 5.41) is 3.88. The number of carbonyl (C=O) groups is 2. The Morgan fingerprint density at radius 2 is 1.44 bits per heavy atom. The number of hydrogen-bond donors (Lipinski definition) is 0. The first-order chi connectivity index (χ1) is 15.6. The number of nitrogens with zero attached hydrogens (tertiary/aromatic N) is 2. The molecule has 0 unspecified atom stereocenters. The smallest absolute Gasteiger partial charge is 0.331 e. The predicted octanol–water partition coefficient (Wildman–Crippen LogP) is 6.13. The summed E-state index contributed by atoms with van der Waals surface area (Å²) in [6.07, 6.45) is 3.01. The van der Waals surface area contributed by atoms with Crippen molar-refractivity contribution in [2.45, 2.75) is 24.7 Å². The van der Waals surface area contributed by atoms with Crippen LogP contribution >= 0.6 is 11.8 Å². The van der Waals surface area contributed by atoms with Crippen LogP contribution in [-0.4, -0.2) is 30.3 Å². The third kappa shape index (κ3) is 6.56. The van der Waals surface area contributed by atoms with Gasteiger partial charge in [-0.15, -0.1) is 11.8 Å². The van der Waals surface area contributed by atoms with E-state index in [1.165, 1.54) is 6.92 Å². The van der Waals surface area contributed by atoms with Crippen molar-refractivity contribution in [3.05, 3.63) is 90.5 Å². The predicted molar refractivity (Wildman–Crippen MR) is 131 cm³/mol. The Kier molecular flexibility index (Phi) is 8.63.